The number of hydrogen-bond donors (Lipinski definition) is 1. The molecule has 2 rings (SSSR count). The quantitative estimate of drug-likeness (QED) is 0.917. The van der Waals surface area contributed by atoms with Gasteiger partial charge in [-0.3, -0.25) is 0 Å². The molecule has 1 unspecified atom stereocenters. The fraction of sp³-hybridized carbons (Fsp3) is 0.357. The number of hydrogen-bond acceptors (Lipinski definition) is 4. The van der Waals surface area contributed by atoms with Crippen molar-refractivity contribution in [2.75, 3.05) is 14.2 Å². The van der Waals surface area contributed by atoms with E-state index in [1.807, 2.05) is 26.1 Å². The summed E-state index contributed by atoms with van der Waals surface area (Å²) in [6, 6.07) is 8.36. The zero-order valence-corrected chi connectivity index (χ0v) is 12.0. The zero-order chi connectivity index (χ0) is 13.1. The van der Waals surface area contributed by atoms with Crippen molar-refractivity contribution in [3.63, 3.8) is 0 Å². The molecule has 0 bridgehead atoms. The van der Waals surface area contributed by atoms with Gasteiger partial charge in [0.15, 0.2) is 0 Å². The largest absolute Gasteiger partial charge is 0.497 e. The summed E-state index contributed by atoms with van der Waals surface area (Å²) in [7, 11) is 3.65. The lowest BCUT2D eigenvalue weighted by molar-refractivity contribution is 0.415. The minimum absolute atomic E-state index is 0.313. The highest BCUT2D eigenvalue weighted by Gasteiger charge is 2.15. The van der Waals surface area contributed by atoms with Crippen LogP contribution < -0.4 is 10.1 Å². The van der Waals surface area contributed by atoms with Gasteiger partial charge in [-0.25, -0.2) is 4.98 Å². The third-order valence-corrected chi connectivity index (χ3v) is 4.10. The molecule has 1 heterocycles. The lowest BCUT2D eigenvalue weighted by Crippen LogP contribution is -2.11. The van der Waals surface area contributed by atoms with E-state index in [0.29, 0.717) is 6.04 Å². The number of nitrogens with one attached hydrogen (secondary N) is 1. The van der Waals surface area contributed by atoms with Crippen molar-refractivity contribution in [3.8, 4) is 17.0 Å². The number of rotatable bonds is 4. The van der Waals surface area contributed by atoms with Gasteiger partial charge in [0.2, 0.25) is 0 Å². The Kier molecular flexibility index (Phi) is 3.99. The summed E-state index contributed by atoms with van der Waals surface area (Å²) in [5.41, 5.74) is 2.21. The number of aromatic nitrogens is 1. The molecule has 3 nitrogen and oxygen atoms in total. The fourth-order valence-corrected chi connectivity index (χ4v) is 2.83. The highest BCUT2D eigenvalue weighted by atomic mass is 32.1. The van der Waals surface area contributed by atoms with E-state index >= 15 is 0 Å². The second kappa shape index (κ2) is 5.50. The summed E-state index contributed by atoms with van der Waals surface area (Å²) >= 11 is 1.75. The first-order chi connectivity index (χ1) is 8.65. The van der Waals surface area contributed by atoms with E-state index in [1.165, 1.54) is 4.88 Å². The van der Waals surface area contributed by atoms with Crippen LogP contribution in [0.2, 0.25) is 0 Å². The van der Waals surface area contributed by atoms with Crippen LogP contribution in [-0.4, -0.2) is 19.1 Å². The van der Waals surface area contributed by atoms with Crippen LogP contribution in [-0.2, 0) is 0 Å². The summed E-state index contributed by atoms with van der Waals surface area (Å²) in [6.45, 7) is 4.20. The van der Waals surface area contributed by atoms with Crippen LogP contribution in [0.5, 0.6) is 5.75 Å². The maximum absolute atomic E-state index is 5.18. The van der Waals surface area contributed by atoms with Crippen molar-refractivity contribution < 1.29 is 4.74 Å². The predicted molar refractivity (Wildman–Crippen MR) is 76.3 cm³/mol. The number of benzene rings is 1. The van der Waals surface area contributed by atoms with Crippen LogP contribution in [0.1, 0.15) is 22.9 Å². The van der Waals surface area contributed by atoms with E-state index in [-0.39, 0.29) is 0 Å². The number of methoxy groups -OCH3 is 1. The molecule has 1 aromatic heterocycles. The number of ether oxygens (including phenoxy) is 1. The molecule has 0 fully saturated rings. The molecule has 96 valence electrons. The van der Waals surface area contributed by atoms with Crippen molar-refractivity contribution in [2.24, 2.45) is 0 Å². The molecular weight excluding hydrogens is 244 g/mol. The van der Waals surface area contributed by atoms with Crippen molar-refractivity contribution in [1.29, 1.82) is 0 Å². The first-order valence-electron chi connectivity index (χ1n) is 5.94. The Morgan fingerprint density at radius 3 is 2.50 bits per heavy atom. The molecule has 0 saturated heterocycles. The molecular formula is C14H18N2OS. The van der Waals surface area contributed by atoms with Gasteiger partial charge in [-0.15, -0.1) is 11.3 Å². The van der Waals surface area contributed by atoms with Crippen LogP contribution in [0.4, 0.5) is 0 Å². The van der Waals surface area contributed by atoms with Crippen LogP contribution in [0.3, 0.4) is 0 Å². The Labute approximate surface area is 112 Å². The summed E-state index contributed by atoms with van der Waals surface area (Å²) in [5, 5.41) is 4.37. The van der Waals surface area contributed by atoms with Crippen molar-refractivity contribution in [2.45, 2.75) is 19.9 Å². The Hall–Kier alpha value is -1.39. The summed E-state index contributed by atoms with van der Waals surface area (Å²) < 4.78 is 5.18. The average Bonchev–Trinajstić information content (AvgIpc) is 2.80. The maximum atomic E-state index is 5.18. The smallest absolute Gasteiger partial charge is 0.118 e. The molecule has 1 N–H and O–H groups in total. The predicted octanol–water partition coefficient (Wildman–Crippen LogP) is 3.41. The Bertz CT molecular complexity index is 519. The standard InChI is InChI=1S/C14H18N2OS/c1-9(15-3)14-13(16-10(2)18-14)11-5-7-12(17-4)8-6-11/h5-9,15H,1-4H3. The monoisotopic (exact) mass is 262 g/mol. The Balaban J connectivity index is 2.42. The lowest BCUT2D eigenvalue weighted by Gasteiger charge is -2.10. The summed E-state index contributed by atoms with van der Waals surface area (Å²) in [6.07, 6.45) is 0. The third kappa shape index (κ3) is 2.54. The molecule has 1 aromatic carbocycles. The first kappa shape index (κ1) is 13.1. The van der Waals surface area contributed by atoms with Gasteiger partial charge in [0.1, 0.15) is 5.75 Å². The Morgan fingerprint density at radius 1 is 1.28 bits per heavy atom. The molecule has 18 heavy (non-hydrogen) atoms. The second-order valence-corrected chi connectivity index (χ2v) is 5.42. The third-order valence-electron chi connectivity index (χ3n) is 2.95. The van der Waals surface area contributed by atoms with Gasteiger partial charge in [-0.2, -0.15) is 0 Å². The summed E-state index contributed by atoms with van der Waals surface area (Å²) in [5.74, 6) is 0.869. The molecule has 0 aliphatic rings. The molecule has 4 heteroatoms. The van der Waals surface area contributed by atoms with Crippen LogP contribution >= 0.6 is 11.3 Å². The topological polar surface area (TPSA) is 34.2 Å². The second-order valence-electron chi connectivity index (χ2n) is 4.18. The fourth-order valence-electron chi connectivity index (χ4n) is 1.82. The number of aryl methyl sites for hydroxylation is 1. The van der Waals surface area contributed by atoms with Crippen LogP contribution in [0.15, 0.2) is 24.3 Å². The molecule has 0 radical (unpaired) electrons. The minimum atomic E-state index is 0.313. The minimum Gasteiger partial charge on any atom is -0.497 e. The highest BCUT2D eigenvalue weighted by Crippen LogP contribution is 2.33. The summed E-state index contributed by atoms with van der Waals surface area (Å²) in [4.78, 5) is 5.92. The Morgan fingerprint density at radius 2 is 1.94 bits per heavy atom. The average molecular weight is 262 g/mol. The van der Waals surface area contributed by atoms with Gasteiger partial charge in [0.25, 0.3) is 0 Å². The molecule has 0 aliphatic heterocycles. The molecule has 0 spiro atoms. The van der Waals surface area contributed by atoms with E-state index in [9.17, 15) is 0 Å². The van der Waals surface area contributed by atoms with Gasteiger partial charge in [-0.1, -0.05) is 0 Å². The molecule has 0 aliphatic carbocycles. The van der Waals surface area contributed by atoms with E-state index in [1.54, 1.807) is 18.4 Å². The zero-order valence-electron chi connectivity index (χ0n) is 11.2. The van der Waals surface area contributed by atoms with E-state index < -0.39 is 0 Å². The van der Waals surface area contributed by atoms with Crippen molar-refractivity contribution >= 4 is 11.3 Å². The lowest BCUT2D eigenvalue weighted by atomic mass is 10.1. The molecule has 2 aromatic rings. The maximum Gasteiger partial charge on any atom is 0.118 e. The van der Waals surface area contributed by atoms with Gasteiger partial charge in [-0.05, 0) is 45.2 Å². The van der Waals surface area contributed by atoms with Gasteiger partial charge >= 0.3 is 0 Å². The SMILES string of the molecule is CNC(C)c1sc(C)nc1-c1ccc(OC)cc1. The number of thiazole rings is 1. The molecule has 0 amide bonds. The van der Waals surface area contributed by atoms with Gasteiger partial charge in [0, 0.05) is 16.5 Å². The molecule has 0 saturated carbocycles. The normalized spacial score (nSPS) is 12.4. The van der Waals surface area contributed by atoms with Gasteiger partial charge in [0.05, 0.1) is 17.8 Å². The highest BCUT2D eigenvalue weighted by molar-refractivity contribution is 7.12. The van der Waals surface area contributed by atoms with E-state index in [2.05, 4.69) is 29.4 Å². The number of nitrogens with zero attached hydrogens (tertiary/aromatic N) is 1. The first-order valence-corrected chi connectivity index (χ1v) is 6.76. The van der Waals surface area contributed by atoms with Crippen molar-refractivity contribution in [1.82, 2.24) is 10.3 Å². The van der Waals surface area contributed by atoms with Crippen LogP contribution in [0.25, 0.3) is 11.3 Å². The van der Waals surface area contributed by atoms with Gasteiger partial charge < -0.3 is 10.1 Å². The van der Waals surface area contributed by atoms with E-state index in [0.717, 1.165) is 22.0 Å². The van der Waals surface area contributed by atoms with E-state index in [4.69, 9.17) is 4.74 Å². The van der Waals surface area contributed by atoms with Crippen molar-refractivity contribution in [3.05, 3.63) is 34.2 Å². The molecule has 1 atom stereocenters. The van der Waals surface area contributed by atoms with Crippen LogP contribution in [0, 0.1) is 6.92 Å².